The average Bonchev–Trinajstić information content (AvgIpc) is 2.52. The number of hydrogen-bond acceptors (Lipinski definition) is 3. The zero-order valence-electron chi connectivity index (χ0n) is 13.2. The van der Waals surface area contributed by atoms with Gasteiger partial charge in [-0.1, -0.05) is 12.1 Å². The van der Waals surface area contributed by atoms with Gasteiger partial charge in [0.15, 0.2) is 0 Å². The van der Waals surface area contributed by atoms with E-state index in [-0.39, 0.29) is 6.54 Å². The molecule has 2 N–H and O–H groups in total. The molecule has 1 aromatic heterocycles. The van der Waals surface area contributed by atoms with Crippen LogP contribution >= 0.6 is 0 Å². The number of nitrogens with one attached hydrogen (secondary N) is 2. The maximum absolute atomic E-state index is 12.7. The topological polar surface area (TPSA) is 66.9 Å². The minimum atomic E-state index is -4.41. The number of urea groups is 1. The summed E-state index contributed by atoms with van der Waals surface area (Å²) in [6.45, 7) is 3.55. The van der Waals surface area contributed by atoms with Gasteiger partial charge in [0, 0.05) is 6.20 Å². The van der Waals surface area contributed by atoms with Crippen molar-refractivity contribution in [2.45, 2.75) is 32.6 Å². The van der Waals surface area contributed by atoms with Crippen molar-refractivity contribution < 1.29 is 18.0 Å². The molecule has 0 spiro atoms. The number of carbonyl (C=O) groups is 1. The van der Waals surface area contributed by atoms with Crippen molar-refractivity contribution in [3.8, 4) is 0 Å². The first-order valence-electron chi connectivity index (χ1n) is 7.26. The monoisotopic (exact) mass is 338 g/mol. The van der Waals surface area contributed by atoms with E-state index >= 15 is 0 Å². The van der Waals surface area contributed by atoms with Crippen LogP contribution in [0.1, 0.15) is 35.6 Å². The zero-order valence-corrected chi connectivity index (χ0v) is 13.2. The van der Waals surface area contributed by atoms with Crippen molar-refractivity contribution >= 4 is 6.03 Å². The third-order valence-corrected chi connectivity index (χ3v) is 3.33. The highest BCUT2D eigenvalue weighted by Crippen LogP contribution is 2.30. The van der Waals surface area contributed by atoms with E-state index in [1.54, 1.807) is 26.1 Å². The van der Waals surface area contributed by atoms with Crippen molar-refractivity contribution in [3.63, 3.8) is 0 Å². The van der Waals surface area contributed by atoms with E-state index in [9.17, 15) is 18.0 Å². The maximum atomic E-state index is 12.7. The van der Waals surface area contributed by atoms with Gasteiger partial charge in [0.2, 0.25) is 0 Å². The molecule has 0 fully saturated rings. The molecule has 2 rings (SSSR count). The van der Waals surface area contributed by atoms with E-state index in [4.69, 9.17) is 0 Å². The number of halogens is 3. The Morgan fingerprint density at radius 3 is 2.71 bits per heavy atom. The molecule has 5 nitrogen and oxygen atoms in total. The first kappa shape index (κ1) is 17.7. The molecule has 0 saturated heterocycles. The van der Waals surface area contributed by atoms with Gasteiger partial charge in [0.1, 0.15) is 5.82 Å². The summed E-state index contributed by atoms with van der Waals surface area (Å²) in [5, 5.41) is 5.21. The van der Waals surface area contributed by atoms with Gasteiger partial charge in [0.25, 0.3) is 0 Å². The third-order valence-electron chi connectivity index (χ3n) is 3.33. The third kappa shape index (κ3) is 4.94. The van der Waals surface area contributed by atoms with Gasteiger partial charge in [-0.2, -0.15) is 13.2 Å². The van der Waals surface area contributed by atoms with E-state index in [0.29, 0.717) is 17.1 Å². The SMILES string of the molecule is Cc1nccc(CNC(=O)NC(C)c2cccc(C(F)(F)F)c2)n1. The summed E-state index contributed by atoms with van der Waals surface area (Å²) in [5.41, 5.74) is 0.271. The smallest absolute Gasteiger partial charge is 0.332 e. The van der Waals surface area contributed by atoms with Crippen LogP contribution < -0.4 is 10.6 Å². The Balaban J connectivity index is 1.94. The van der Waals surface area contributed by atoms with Gasteiger partial charge in [-0.3, -0.25) is 0 Å². The standard InChI is InChI=1S/C16H17F3N4O/c1-10(12-4-3-5-13(8-12)16(17,18)19)22-15(24)21-9-14-6-7-20-11(2)23-14/h3-8,10H,9H2,1-2H3,(H2,21,22,24). The number of alkyl halides is 3. The van der Waals surface area contributed by atoms with Gasteiger partial charge in [-0.15, -0.1) is 0 Å². The second-order valence-corrected chi connectivity index (χ2v) is 5.27. The normalized spacial score (nSPS) is 12.5. The van der Waals surface area contributed by atoms with Crippen molar-refractivity contribution in [2.24, 2.45) is 0 Å². The molecule has 0 aliphatic heterocycles. The Kier molecular flexibility index (Phi) is 5.38. The summed E-state index contributed by atoms with van der Waals surface area (Å²) >= 11 is 0. The minimum Gasteiger partial charge on any atom is -0.332 e. The van der Waals surface area contributed by atoms with Crippen molar-refractivity contribution in [1.29, 1.82) is 0 Å². The lowest BCUT2D eigenvalue weighted by Crippen LogP contribution is -2.36. The van der Waals surface area contributed by atoms with E-state index in [0.717, 1.165) is 12.1 Å². The van der Waals surface area contributed by atoms with Crippen LogP contribution in [0.5, 0.6) is 0 Å². The number of aryl methyl sites for hydroxylation is 1. The second-order valence-electron chi connectivity index (χ2n) is 5.27. The predicted octanol–water partition coefficient (Wildman–Crippen LogP) is 3.36. The Bertz CT molecular complexity index is 718. The lowest BCUT2D eigenvalue weighted by Gasteiger charge is -2.16. The van der Waals surface area contributed by atoms with E-state index in [2.05, 4.69) is 20.6 Å². The Morgan fingerprint density at radius 2 is 2.04 bits per heavy atom. The zero-order chi connectivity index (χ0) is 17.7. The molecule has 0 aliphatic carbocycles. The summed E-state index contributed by atoms with van der Waals surface area (Å²) in [4.78, 5) is 20.0. The van der Waals surface area contributed by atoms with Crippen LogP contribution in [0.3, 0.4) is 0 Å². The summed E-state index contributed by atoms with van der Waals surface area (Å²) in [5.74, 6) is 0.590. The molecule has 0 saturated carbocycles. The number of carbonyl (C=O) groups excluding carboxylic acids is 1. The number of benzene rings is 1. The fraction of sp³-hybridized carbons (Fsp3) is 0.312. The lowest BCUT2D eigenvalue weighted by atomic mass is 10.1. The molecule has 8 heteroatoms. The Morgan fingerprint density at radius 1 is 1.29 bits per heavy atom. The van der Waals surface area contributed by atoms with Crippen LogP contribution in [0, 0.1) is 6.92 Å². The number of aromatic nitrogens is 2. The first-order valence-corrected chi connectivity index (χ1v) is 7.26. The fourth-order valence-electron chi connectivity index (χ4n) is 2.09. The minimum absolute atomic E-state index is 0.199. The Labute approximate surface area is 137 Å². The molecule has 1 unspecified atom stereocenters. The molecule has 1 aromatic carbocycles. The van der Waals surface area contributed by atoms with Crippen molar-refractivity contribution in [3.05, 3.63) is 59.2 Å². The second kappa shape index (κ2) is 7.29. The highest BCUT2D eigenvalue weighted by atomic mass is 19.4. The molecule has 1 atom stereocenters. The van der Waals surface area contributed by atoms with Gasteiger partial charge < -0.3 is 10.6 Å². The molecule has 0 radical (unpaired) electrons. The first-order chi connectivity index (χ1) is 11.3. The summed E-state index contributed by atoms with van der Waals surface area (Å²) in [7, 11) is 0. The molecule has 2 amide bonds. The molecular weight excluding hydrogens is 321 g/mol. The summed E-state index contributed by atoms with van der Waals surface area (Å²) in [6.07, 6.45) is -2.83. The largest absolute Gasteiger partial charge is 0.416 e. The van der Waals surface area contributed by atoms with Crippen LogP contribution in [0.4, 0.5) is 18.0 Å². The fourth-order valence-corrected chi connectivity index (χ4v) is 2.09. The number of nitrogens with zero attached hydrogens (tertiary/aromatic N) is 2. The molecule has 0 aliphatic rings. The van der Waals surface area contributed by atoms with Crippen LogP contribution in [0.15, 0.2) is 36.5 Å². The average molecular weight is 338 g/mol. The van der Waals surface area contributed by atoms with Gasteiger partial charge in [-0.05, 0) is 37.6 Å². The van der Waals surface area contributed by atoms with E-state index in [1.807, 2.05) is 0 Å². The van der Waals surface area contributed by atoms with Crippen LogP contribution in [0.25, 0.3) is 0 Å². The molecule has 0 bridgehead atoms. The number of hydrogen-bond donors (Lipinski definition) is 2. The Hall–Kier alpha value is -2.64. The van der Waals surface area contributed by atoms with Crippen LogP contribution in [0.2, 0.25) is 0 Å². The molecule has 24 heavy (non-hydrogen) atoms. The van der Waals surface area contributed by atoms with Crippen LogP contribution in [-0.4, -0.2) is 16.0 Å². The van der Waals surface area contributed by atoms with E-state index < -0.39 is 23.8 Å². The molecular formula is C16H17F3N4O. The highest BCUT2D eigenvalue weighted by Gasteiger charge is 2.30. The van der Waals surface area contributed by atoms with Gasteiger partial charge >= 0.3 is 12.2 Å². The van der Waals surface area contributed by atoms with E-state index in [1.165, 1.54) is 12.1 Å². The number of amides is 2. The summed E-state index contributed by atoms with van der Waals surface area (Å²) < 4.78 is 38.2. The van der Waals surface area contributed by atoms with Crippen molar-refractivity contribution in [2.75, 3.05) is 0 Å². The van der Waals surface area contributed by atoms with Crippen LogP contribution in [-0.2, 0) is 12.7 Å². The number of rotatable bonds is 4. The maximum Gasteiger partial charge on any atom is 0.416 e. The molecule has 2 aromatic rings. The predicted molar refractivity (Wildman–Crippen MR) is 82.0 cm³/mol. The molecule has 128 valence electrons. The summed E-state index contributed by atoms with van der Waals surface area (Å²) in [6, 6.07) is 5.48. The lowest BCUT2D eigenvalue weighted by molar-refractivity contribution is -0.137. The molecule has 1 heterocycles. The highest BCUT2D eigenvalue weighted by molar-refractivity contribution is 5.74. The van der Waals surface area contributed by atoms with Crippen molar-refractivity contribution in [1.82, 2.24) is 20.6 Å². The van der Waals surface area contributed by atoms with Gasteiger partial charge in [-0.25, -0.2) is 14.8 Å². The quantitative estimate of drug-likeness (QED) is 0.898. The van der Waals surface area contributed by atoms with Gasteiger partial charge in [0.05, 0.1) is 23.8 Å².